The number of likely N-dealkylation sites (tertiary alicyclic amines) is 1. The second-order valence-corrected chi connectivity index (χ2v) is 8.45. The quantitative estimate of drug-likeness (QED) is 0.676. The van der Waals surface area contributed by atoms with Gasteiger partial charge in [-0.25, -0.2) is 0 Å². The van der Waals surface area contributed by atoms with E-state index in [1.54, 1.807) is 11.3 Å². The predicted molar refractivity (Wildman–Crippen MR) is 111 cm³/mol. The number of nitrogens with one attached hydrogen (secondary N) is 1. The van der Waals surface area contributed by atoms with E-state index < -0.39 is 0 Å². The van der Waals surface area contributed by atoms with Gasteiger partial charge in [-0.15, -0.1) is 11.3 Å². The van der Waals surface area contributed by atoms with Gasteiger partial charge in [0.15, 0.2) is 5.76 Å². The molecule has 1 aliphatic rings. The Hall–Kier alpha value is -2.11. The van der Waals surface area contributed by atoms with E-state index in [-0.39, 0.29) is 11.9 Å². The third-order valence-electron chi connectivity index (χ3n) is 5.67. The Bertz CT molecular complexity index is 953. The summed E-state index contributed by atoms with van der Waals surface area (Å²) >= 11 is 1.76. The van der Waals surface area contributed by atoms with Crippen LogP contribution >= 0.6 is 11.3 Å². The number of hydrogen-bond acceptors (Lipinski definition) is 4. The van der Waals surface area contributed by atoms with E-state index in [0.29, 0.717) is 12.3 Å². The Labute approximate surface area is 164 Å². The standard InChI is InChI=1S/C22H26N2O2S/c1-14-11-17-16(3)21(26-19(17)12-15(14)2)22(25)23-13-18(20-7-6-10-27-20)24-8-4-5-9-24/h6-7,10-12,18H,4-5,8-9,13H2,1-3H3,(H,23,25). The lowest BCUT2D eigenvalue weighted by Gasteiger charge is -2.26. The number of carbonyl (C=O) groups is 1. The van der Waals surface area contributed by atoms with Gasteiger partial charge < -0.3 is 9.73 Å². The van der Waals surface area contributed by atoms with E-state index in [0.717, 1.165) is 29.6 Å². The molecular formula is C22H26N2O2S. The van der Waals surface area contributed by atoms with Gasteiger partial charge in [0, 0.05) is 22.4 Å². The molecule has 0 radical (unpaired) electrons. The van der Waals surface area contributed by atoms with Gasteiger partial charge in [-0.05, 0) is 81.4 Å². The summed E-state index contributed by atoms with van der Waals surface area (Å²) in [7, 11) is 0. The minimum absolute atomic E-state index is 0.125. The molecule has 0 saturated carbocycles. The Morgan fingerprint density at radius 3 is 2.67 bits per heavy atom. The molecule has 4 nitrogen and oxygen atoms in total. The zero-order valence-electron chi connectivity index (χ0n) is 16.2. The van der Waals surface area contributed by atoms with Crippen LogP contribution in [0, 0.1) is 20.8 Å². The number of aryl methyl sites for hydroxylation is 3. The molecule has 1 aliphatic heterocycles. The Morgan fingerprint density at radius 1 is 1.22 bits per heavy atom. The van der Waals surface area contributed by atoms with Gasteiger partial charge >= 0.3 is 0 Å². The summed E-state index contributed by atoms with van der Waals surface area (Å²) in [5, 5.41) is 6.26. The van der Waals surface area contributed by atoms with Crippen LogP contribution in [0.1, 0.15) is 51.0 Å². The second kappa shape index (κ2) is 7.49. The number of benzene rings is 1. The second-order valence-electron chi connectivity index (χ2n) is 7.47. The summed E-state index contributed by atoms with van der Waals surface area (Å²) in [5.74, 6) is 0.307. The maximum atomic E-state index is 12.9. The minimum Gasteiger partial charge on any atom is -0.451 e. The topological polar surface area (TPSA) is 45.5 Å². The van der Waals surface area contributed by atoms with Crippen molar-refractivity contribution in [3.8, 4) is 0 Å². The van der Waals surface area contributed by atoms with Crippen molar-refractivity contribution in [3.05, 3.63) is 57.0 Å². The molecule has 0 bridgehead atoms. The van der Waals surface area contributed by atoms with E-state index in [9.17, 15) is 4.79 Å². The molecule has 4 rings (SSSR count). The lowest BCUT2D eigenvalue weighted by Crippen LogP contribution is -2.36. The Balaban J connectivity index is 1.54. The fourth-order valence-electron chi connectivity index (χ4n) is 3.91. The Morgan fingerprint density at radius 2 is 1.96 bits per heavy atom. The van der Waals surface area contributed by atoms with Crippen molar-refractivity contribution in [3.63, 3.8) is 0 Å². The van der Waals surface area contributed by atoms with Crippen LogP contribution in [0.15, 0.2) is 34.1 Å². The van der Waals surface area contributed by atoms with Crippen LogP contribution in [-0.2, 0) is 0 Å². The smallest absolute Gasteiger partial charge is 0.287 e. The summed E-state index contributed by atoms with van der Waals surface area (Å²) in [6, 6.07) is 8.62. The summed E-state index contributed by atoms with van der Waals surface area (Å²) < 4.78 is 5.92. The molecular weight excluding hydrogens is 356 g/mol. The van der Waals surface area contributed by atoms with Crippen LogP contribution in [0.2, 0.25) is 0 Å². The molecule has 1 unspecified atom stereocenters. The number of thiophene rings is 1. The largest absolute Gasteiger partial charge is 0.451 e. The molecule has 0 aliphatic carbocycles. The number of carbonyl (C=O) groups excluding carboxylic acids is 1. The number of fused-ring (bicyclic) bond motifs is 1. The zero-order valence-corrected chi connectivity index (χ0v) is 17.0. The molecule has 0 spiro atoms. The minimum atomic E-state index is -0.125. The summed E-state index contributed by atoms with van der Waals surface area (Å²) in [4.78, 5) is 16.7. The van der Waals surface area contributed by atoms with Gasteiger partial charge in [0.25, 0.3) is 5.91 Å². The van der Waals surface area contributed by atoms with Crippen LogP contribution in [0.5, 0.6) is 0 Å². The molecule has 142 valence electrons. The number of amides is 1. The van der Waals surface area contributed by atoms with Crippen LogP contribution in [0.25, 0.3) is 11.0 Å². The number of furan rings is 1. The first-order chi connectivity index (χ1) is 13.0. The first-order valence-electron chi connectivity index (χ1n) is 9.60. The molecule has 1 fully saturated rings. The molecule has 3 aromatic rings. The molecule has 27 heavy (non-hydrogen) atoms. The van der Waals surface area contributed by atoms with Gasteiger partial charge in [0.05, 0.1) is 6.04 Å². The highest BCUT2D eigenvalue weighted by Crippen LogP contribution is 2.30. The van der Waals surface area contributed by atoms with Crippen molar-refractivity contribution < 1.29 is 9.21 Å². The van der Waals surface area contributed by atoms with Crippen molar-refractivity contribution >= 4 is 28.2 Å². The molecule has 5 heteroatoms. The maximum Gasteiger partial charge on any atom is 0.287 e. The van der Waals surface area contributed by atoms with E-state index in [2.05, 4.69) is 47.6 Å². The van der Waals surface area contributed by atoms with Crippen molar-refractivity contribution in [1.29, 1.82) is 0 Å². The van der Waals surface area contributed by atoms with Crippen molar-refractivity contribution in [2.24, 2.45) is 0 Å². The van der Waals surface area contributed by atoms with Crippen molar-refractivity contribution in [2.75, 3.05) is 19.6 Å². The molecule has 1 amide bonds. The number of rotatable bonds is 5. The third-order valence-corrected chi connectivity index (χ3v) is 6.64. The normalized spacial score (nSPS) is 16.1. The molecule has 1 saturated heterocycles. The maximum absolute atomic E-state index is 12.9. The Kier molecular flexibility index (Phi) is 5.06. The average molecular weight is 383 g/mol. The number of hydrogen-bond donors (Lipinski definition) is 1. The summed E-state index contributed by atoms with van der Waals surface area (Å²) in [6.45, 7) is 8.92. The van der Waals surface area contributed by atoms with Crippen LogP contribution in [-0.4, -0.2) is 30.4 Å². The predicted octanol–water partition coefficient (Wildman–Crippen LogP) is 4.99. The summed E-state index contributed by atoms with van der Waals surface area (Å²) in [6.07, 6.45) is 2.47. The van der Waals surface area contributed by atoms with E-state index in [1.165, 1.54) is 28.8 Å². The van der Waals surface area contributed by atoms with Gasteiger partial charge in [0.2, 0.25) is 0 Å². The molecule has 3 heterocycles. The fraction of sp³-hybridized carbons (Fsp3) is 0.409. The van der Waals surface area contributed by atoms with Crippen molar-refractivity contribution in [2.45, 2.75) is 39.7 Å². The highest BCUT2D eigenvalue weighted by molar-refractivity contribution is 7.10. The average Bonchev–Trinajstić information content (AvgIpc) is 3.39. The van der Waals surface area contributed by atoms with Crippen LogP contribution in [0.4, 0.5) is 0 Å². The van der Waals surface area contributed by atoms with Gasteiger partial charge in [-0.1, -0.05) is 6.07 Å². The van der Waals surface area contributed by atoms with Gasteiger partial charge in [0.1, 0.15) is 5.58 Å². The molecule has 1 aromatic carbocycles. The molecule has 2 aromatic heterocycles. The first-order valence-corrected chi connectivity index (χ1v) is 10.5. The SMILES string of the molecule is Cc1cc2oc(C(=O)NCC(c3cccs3)N3CCCC3)c(C)c2cc1C. The van der Waals surface area contributed by atoms with Gasteiger partial charge in [-0.2, -0.15) is 0 Å². The number of nitrogens with zero attached hydrogens (tertiary/aromatic N) is 1. The lowest BCUT2D eigenvalue weighted by molar-refractivity contribution is 0.0912. The molecule has 1 atom stereocenters. The highest BCUT2D eigenvalue weighted by atomic mass is 32.1. The lowest BCUT2D eigenvalue weighted by atomic mass is 10.0. The third kappa shape index (κ3) is 3.54. The van der Waals surface area contributed by atoms with E-state index >= 15 is 0 Å². The zero-order chi connectivity index (χ0) is 19.0. The van der Waals surface area contributed by atoms with E-state index in [4.69, 9.17) is 4.42 Å². The van der Waals surface area contributed by atoms with Crippen molar-refractivity contribution in [1.82, 2.24) is 10.2 Å². The highest BCUT2D eigenvalue weighted by Gasteiger charge is 2.26. The first kappa shape index (κ1) is 18.3. The van der Waals surface area contributed by atoms with Crippen LogP contribution < -0.4 is 5.32 Å². The molecule has 1 N–H and O–H groups in total. The fourth-order valence-corrected chi connectivity index (χ4v) is 4.77. The van der Waals surface area contributed by atoms with Crippen LogP contribution in [0.3, 0.4) is 0 Å². The monoisotopic (exact) mass is 382 g/mol. The van der Waals surface area contributed by atoms with Gasteiger partial charge in [-0.3, -0.25) is 9.69 Å². The van der Waals surface area contributed by atoms with E-state index in [1.807, 2.05) is 13.0 Å². The summed E-state index contributed by atoms with van der Waals surface area (Å²) in [5.41, 5.74) is 4.09.